The van der Waals surface area contributed by atoms with Gasteiger partial charge in [-0.3, -0.25) is 14.5 Å². The summed E-state index contributed by atoms with van der Waals surface area (Å²) in [5.74, 6) is -0.866. The van der Waals surface area contributed by atoms with Crippen LogP contribution in [0.5, 0.6) is 0 Å². The zero-order valence-electron chi connectivity index (χ0n) is 11.9. The Morgan fingerprint density at radius 1 is 1.18 bits per heavy atom. The molecule has 114 valence electrons. The Morgan fingerprint density at radius 2 is 1.82 bits per heavy atom. The van der Waals surface area contributed by atoms with Crippen molar-refractivity contribution in [1.29, 1.82) is 0 Å². The number of nitrogens with zero attached hydrogens (tertiary/aromatic N) is 1. The third-order valence-corrected chi connectivity index (χ3v) is 3.13. The van der Waals surface area contributed by atoms with E-state index in [0.717, 1.165) is 23.1 Å². The quantitative estimate of drug-likeness (QED) is 0.629. The third kappa shape index (κ3) is 3.11. The van der Waals surface area contributed by atoms with Crippen molar-refractivity contribution in [2.24, 2.45) is 11.5 Å². The fraction of sp³-hybridized carbons (Fsp3) is 0.133. The molecule has 0 fully saturated rings. The zero-order valence-corrected chi connectivity index (χ0v) is 11.9. The van der Waals surface area contributed by atoms with E-state index in [9.17, 15) is 14.4 Å². The van der Waals surface area contributed by atoms with Crippen molar-refractivity contribution in [2.45, 2.75) is 6.23 Å². The molecule has 7 nitrogen and oxygen atoms in total. The molecule has 0 saturated carbocycles. The molecule has 22 heavy (non-hydrogen) atoms. The van der Waals surface area contributed by atoms with E-state index in [1.165, 1.54) is 7.11 Å². The van der Waals surface area contributed by atoms with Crippen LogP contribution in [-0.2, 0) is 14.3 Å². The number of urea groups is 1. The van der Waals surface area contributed by atoms with E-state index in [0.29, 0.717) is 11.3 Å². The molecule has 4 N–H and O–H groups in total. The highest BCUT2D eigenvalue weighted by Crippen LogP contribution is 2.23. The number of nitrogens with two attached hydrogens (primary N) is 2. The number of anilines is 1. The number of methoxy groups -OCH3 is 1. The van der Waals surface area contributed by atoms with Gasteiger partial charge in [0.2, 0.25) is 5.78 Å². The Labute approximate surface area is 126 Å². The standard InChI is InChI=1S/C15H15N3O4/c1-22-14(16)9-2-4-10(5-3-9)18(15(17)21)12-8-11(19)6-7-13(12)20/h2-8,14H,16H2,1H3,(H2,17,21). The fourth-order valence-corrected chi connectivity index (χ4v) is 2.01. The summed E-state index contributed by atoms with van der Waals surface area (Å²) in [7, 11) is 1.47. The largest absolute Gasteiger partial charge is 0.363 e. The molecule has 2 amide bonds. The molecule has 0 aromatic heterocycles. The number of carbonyl (C=O) groups is 3. The van der Waals surface area contributed by atoms with Crippen LogP contribution in [0.25, 0.3) is 0 Å². The van der Waals surface area contributed by atoms with E-state index < -0.39 is 18.0 Å². The Kier molecular flexibility index (Phi) is 4.50. The second kappa shape index (κ2) is 6.33. The maximum atomic E-state index is 11.9. The monoisotopic (exact) mass is 301 g/mol. The van der Waals surface area contributed by atoms with Crippen LogP contribution in [0.15, 0.2) is 48.2 Å². The summed E-state index contributed by atoms with van der Waals surface area (Å²) >= 11 is 0. The van der Waals surface area contributed by atoms with Crippen molar-refractivity contribution in [3.63, 3.8) is 0 Å². The molecule has 0 radical (unpaired) electrons. The van der Waals surface area contributed by atoms with E-state index in [1.807, 2.05) is 0 Å². The van der Waals surface area contributed by atoms with Gasteiger partial charge < -0.3 is 16.2 Å². The predicted octanol–water partition coefficient (Wildman–Crippen LogP) is 0.767. The summed E-state index contributed by atoms with van der Waals surface area (Å²) < 4.78 is 4.98. The number of primary amides is 1. The summed E-state index contributed by atoms with van der Waals surface area (Å²) in [6, 6.07) is 5.55. The molecule has 1 atom stereocenters. The number of benzene rings is 1. The van der Waals surface area contributed by atoms with Crippen LogP contribution in [-0.4, -0.2) is 24.7 Å². The number of rotatable bonds is 4. The summed E-state index contributed by atoms with van der Waals surface area (Å²) in [5.41, 5.74) is 12.0. The SMILES string of the molecule is COC(N)c1ccc(N(C(N)=O)C2=CC(=O)C=CC2=O)cc1. The number of ether oxygens (including phenoxy) is 1. The molecule has 0 bridgehead atoms. The van der Waals surface area contributed by atoms with Gasteiger partial charge in [0, 0.05) is 13.2 Å². The molecule has 1 aliphatic carbocycles. The van der Waals surface area contributed by atoms with Gasteiger partial charge in [0.25, 0.3) is 0 Å². The van der Waals surface area contributed by atoms with Gasteiger partial charge in [0.15, 0.2) is 5.78 Å². The predicted molar refractivity (Wildman–Crippen MR) is 79.7 cm³/mol. The van der Waals surface area contributed by atoms with Crippen molar-refractivity contribution in [3.8, 4) is 0 Å². The van der Waals surface area contributed by atoms with Crippen LogP contribution in [0, 0.1) is 0 Å². The Hall–Kier alpha value is -2.77. The lowest BCUT2D eigenvalue weighted by atomic mass is 10.1. The van der Waals surface area contributed by atoms with E-state index in [2.05, 4.69) is 0 Å². The minimum absolute atomic E-state index is 0.0937. The van der Waals surface area contributed by atoms with Crippen molar-refractivity contribution < 1.29 is 19.1 Å². The molecular formula is C15H15N3O4. The molecule has 1 aromatic rings. The van der Waals surface area contributed by atoms with Crippen LogP contribution in [0.3, 0.4) is 0 Å². The Morgan fingerprint density at radius 3 is 2.36 bits per heavy atom. The Bertz CT molecular complexity index is 677. The molecule has 0 heterocycles. The van der Waals surface area contributed by atoms with Gasteiger partial charge in [0.1, 0.15) is 11.9 Å². The first kappa shape index (κ1) is 15.6. The molecule has 2 rings (SSSR count). The number of hydrogen-bond acceptors (Lipinski definition) is 5. The number of allylic oxidation sites excluding steroid dienone is 3. The highest BCUT2D eigenvalue weighted by atomic mass is 16.5. The van der Waals surface area contributed by atoms with Gasteiger partial charge >= 0.3 is 6.03 Å². The van der Waals surface area contributed by atoms with Crippen LogP contribution >= 0.6 is 0 Å². The van der Waals surface area contributed by atoms with Crippen LogP contribution in [0.4, 0.5) is 10.5 Å². The van der Waals surface area contributed by atoms with Crippen molar-refractivity contribution in [1.82, 2.24) is 0 Å². The van der Waals surface area contributed by atoms with Gasteiger partial charge in [-0.1, -0.05) is 12.1 Å². The second-order valence-corrected chi connectivity index (χ2v) is 4.55. The first-order valence-corrected chi connectivity index (χ1v) is 6.40. The second-order valence-electron chi connectivity index (χ2n) is 4.55. The fourth-order valence-electron chi connectivity index (χ4n) is 2.01. The lowest BCUT2D eigenvalue weighted by Gasteiger charge is -2.23. The van der Waals surface area contributed by atoms with Crippen LogP contribution in [0.2, 0.25) is 0 Å². The zero-order chi connectivity index (χ0) is 16.3. The number of carbonyl (C=O) groups excluding carboxylic acids is 3. The van der Waals surface area contributed by atoms with Gasteiger partial charge in [-0.15, -0.1) is 0 Å². The maximum Gasteiger partial charge on any atom is 0.324 e. The summed E-state index contributed by atoms with van der Waals surface area (Å²) in [5, 5.41) is 0. The summed E-state index contributed by atoms with van der Waals surface area (Å²) in [4.78, 5) is 36.0. The maximum absolute atomic E-state index is 11.9. The highest BCUT2D eigenvalue weighted by molar-refractivity contribution is 6.21. The van der Waals surface area contributed by atoms with E-state index in [-0.39, 0.29) is 11.5 Å². The minimum Gasteiger partial charge on any atom is -0.363 e. The normalized spacial score (nSPS) is 15.5. The molecule has 0 saturated heterocycles. The molecule has 0 aliphatic heterocycles. The molecule has 7 heteroatoms. The molecule has 0 spiro atoms. The lowest BCUT2D eigenvalue weighted by Crippen LogP contribution is -2.38. The first-order valence-electron chi connectivity index (χ1n) is 6.40. The van der Waals surface area contributed by atoms with Gasteiger partial charge in [-0.25, -0.2) is 4.79 Å². The topological polar surface area (TPSA) is 116 Å². The van der Waals surface area contributed by atoms with Gasteiger partial charge in [0.05, 0.1) is 5.69 Å². The van der Waals surface area contributed by atoms with Gasteiger partial charge in [-0.05, 0) is 29.8 Å². The minimum atomic E-state index is -0.869. The van der Waals surface area contributed by atoms with Crippen LogP contribution < -0.4 is 16.4 Å². The molecule has 1 aromatic carbocycles. The Balaban J connectivity index is 2.39. The third-order valence-electron chi connectivity index (χ3n) is 3.13. The lowest BCUT2D eigenvalue weighted by molar-refractivity contribution is -0.114. The molecule has 1 unspecified atom stereocenters. The van der Waals surface area contributed by atoms with Crippen molar-refractivity contribution >= 4 is 23.3 Å². The van der Waals surface area contributed by atoms with E-state index in [4.69, 9.17) is 16.2 Å². The first-order chi connectivity index (χ1) is 10.4. The highest BCUT2D eigenvalue weighted by Gasteiger charge is 2.25. The number of hydrogen-bond donors (Lipinski definition) is 2. The van der Waals surface area contributed by atoms with Crippen molar-refractivity contribution in [2.75, 3.05) is 12.0 Å². The molecule has 1 aliphatic rings. The summed E-state index contributed by atoms with van der Waals surface area (Å²) in [6.07, 6.45) is 2.70. The summed E-state index contributed by atoms with van der Waals surface area (Å²) in [6.45, 7) is 0. The number of ketones is 2. The average molecular weight is 301 g/mol. The van der Waals surface area contributed by atoms with Gasteiger partial charge in [-0.2, -0.15) is 0 Å². The van der Waals surface area contributed by atoms with E-state index in [1.54, 1.807) is 24.3 Å². The van der Waals surface area contributed by atoms with Crippen molar-refractivity contribution in [3.05, 3.63) is 53.8 Å². The van der Waals surface area contributed by atoms with Crippen LogP contribution in [0.1, 0.15) is 11.8 Å². The smallest absolute Gasteiger partial charge is 0.324 e. The average Bonchev–Trinajstić information content (AvgIpc) is 2.50. The number of amides is 2. The molecular weight excluding hydrogens is 286 g/mol. The van der Waals surface area contributed by atoms with E-state index >= 15 is 0 Å².